The lowest BCUT2D eigenvalue weighted by atomic mass is 10.2. The van der Waals surface area contributed by atoms with Crippen LogP contribution in [-0.4, -0.2) is 40.5 Å². The Morgan fingerprint density at radius 3 is 2.14 bits per heavy atom. The average molecular weight is 387 g/mol. The Kier molecular flexibility index (Phi) is 7.00. The Balaban J connectivity index is 2.20. The molecule has 0 aliphatic heterocycles. The Morgan fingerprint density at radius 2 is 1.64 bits per heavy atom. The highest BCUT2D eigenvalue weighted by molar-refractivity contribution is 5.95. The molecule has 0 heterocycles. The van der Waals surface area contributed by atoms with Gasteiger partial charge >= 0.3 is 12.1 Å². The molecule has 0 aliphatic rings. The van der Waals surface area contributed by atoms with E-state index >= 15 is 0 Å². The number of aliphatic hydroxyl groups is 1. The van der Waals surface area contributed by atoms with Crippen molar-refractivity contribution in [2.45, 2.75) is 39.0 Å². The van der Waals surface area contributed by atoms with E-state index in [0.717, 1.165) is 10.5 Å². The molecule has 0 bridgehead atoms. The van der Waals surface area contributed by atoms with Crippen LogP contribution in [0.15, 0.2) is 54.6 Å². The fourth-order valence-electron chi connectivity index (χ4n) is 2.44. The van der Waals surface area contributed by atoms with Crippen molar-refractivity contribution in [3.8, 4) is 5.75 Å². The standard InChI is InChI=1S/C21H25NO6/c1-21(2,3)28-20(26)22(18(13-23)19(24)25)16-9-11-17(12-10-16)27-14-15-7-5-4-6-8-15/h4-12,18,23H,13-14H2,1-3H3,(H,24,25)/t18-/m0/s1. The summed E-state index contributed by atoms with van der Waals surface area (Å²) in [6, 6.07) is 14.5. The minimum atomic E-state index is -1.47. The third-order valence-corrected chi connectivity index (χ3v) is 3.72. The van der Waals surface area contributed by atoms with Gasteiger partial charge in [-0.3, -0.25) is 4.90 Å². The van der Waals surface area contributed by atoms with E-state index in [9.17, 15) is 19.8 Å². The van der Waals surface area contributed by atoms with Crippen molar-refractivity contribution in [1.82, 2.24) is 0 Å². The van der Waals surface area contributed by atoms with Gasteiger partial charge in [-0.15, -0.1) is 0 Å². The van der Waals surface area contributed by atoms with E-state index in [2.05, 4.69) is 0 Å². The second kappa shape index (κ2) is 9.23. The molecule has 0 spiro atoms. The molecule has 0 saturated heterocycles. The van der Waals surface area contributed by atoms with Gasteiger partial charge in [-0.05, 0) is 50.6 Å². The van der Waals surface area contributed by atoms with Gasteiger partial charge in [-0.1, -0.05) is 30.3 Å². The number of aliphatic hydroxyl groups excluding tert-OH is 1. The molecule has 7 heteroatoms. The molecule has 0 aromatic heterocycles. The molecule has 1 amide bonds. The van der Waals surface area contributed by atoms with Crippen LogP contribution in [0.3, 0.4) is 0 Å². The number of benzene rings is 2. The first-order valence-corrected chi connectivity index (χ1v) is 8.84. The molecule has 0 radical (unpaired) electrons. The van der Waals surface area contributed by atoms with Gasteiger partial charge in [0, 0.05) is 5.69 Å². The maximum absolute atomic E-state index is 12.6. The molecule has 7 nitrogen and oxygen atoms in total. The van der Waals surface area contributed by atoms with E-state index in [4.69, 9.17) is 9.47 Å². The van der Waals surface area contributed by atoms with Gasteiger partial charge in [-0.2, -0.15) is 0 Å². The largest absolute Gasteiger partial charge is 0.489 e. The van der Waals surface area contributed by atoms with Crippen molar-refractivity contribution in [3.05, 3.63) is 60.2 Å². The van der Waals surface area contributed by atoms with Gasteiger partial charge in [0.1, 0.15) is 18.0 Å². The molecule has 2 rings (SSSR count). The van der Waals surface area contributed by atoms with Crippen LogP contribution < -0.4 is 9.64 Å². The SMILES string of the molecule is CC(C)(C)OC(=O)N(c1ccc(OCc2ccccc2)cc1)[C@@H](CO)C(=O)O. The number of carbonyl (C=O) groups is 2. The van der Waals surface area contributed by atoms with Gasteiger partial charge < -0.3 is 19.7 Å². The quantitative estimate of drug-likeness (QED) is 0.755. The number of carboxylic acids is 1. The number of ether oxygens (including phenoxy) is 2. The number of hydrogen-bond donors (Lipinski definition) is 2. The molecule has 2 aromatic carbocycles. The lowest BCUT2D eigenvalue weighted by Gasteiger charge is -2.30. The average Bonchev–Trinajstić information content (AvgIpc) is 2.64. The van der Waals surface area contributed by atoms with E-state index in [0.29, 0.717) is 12.4 Å². The van der Waals surface area contributed by atoms with E-state index in [-0.39, 0.29) is 5.69 Å². The molecule has 1 atom stereocenters. The predicted molar refractivity (Wildman–Crippen MR) is 104 cm³/mol. The molecular weight excluding hydrogens is 362 g/mol. The predicted octanol–water partition coefficient (Wildman–Crippen LogP) is 3.45. The van der Waals surface area contributed by atoms with Gasteiger partial charge in [0.05, 0.1) is 6.61 Å². The first-order chi connectivity index (χ1) is 13.2. The maximum Gasteiger partial charge on any atom is 0.415 e. The van der Waals surface area contributed by atoms with Crippen molar-refractivity contribution in [2.24, 2.45) is 0 Å². The second-order valence-electron chi connectivity index (χ2n) is 7.16. The van der Waals surface area contributed by atoms with Crippen molar-refractivity contribution in [1.29, 1.82) is 0 Å². The van der Waals surface area contributed by atoms with Crippen molar-refractivity contribution in [2.75, 3.05) is 11.5 Å². The maximum atomic E-state index is 12.6. The van der Waals surface area contributed by atoms with Crippen LogP contribution in [0.2, 0.25) is 0 Å². The summed E-state index contributed by atoms with van der Waals surface area (Å²) in [4.78, 5) is 25.0. The summed E-state index contributed by atoms with van der Waals surface area (Å²) in [5.41, 5.74) is 0.475. The van der Waals surface area contributed by atoms with Crippen LogP contribution in [0.4, 0.5) is 10.5 Å². The number of rotatable bonds is 7. The molecule has 0 aliphatic carbocycles. The number of carboxylic acid groups (broad SMARTS) is 1. The van der Waals surface area contributed by atoms with E-state index in [1.165, 1.54) is 0 Å². The van der Waals surface area contributed by atoms with E-state index < -0.39 is 30.3 Å². The zero-order valence-corrected chi connectivity index (χ0v) is 16.2. The van der Waals surface area contributed by atoms with Crippen LogP contribution in [0.5, 0.6) is 5.75 Å². The van der Waals surface area contributed by atoms with Gasteiger partial charge in [0.15, 0.2) is 6.04 Å². The van der Waals surface area contributed by atoms with Gasteiger partial charge in [-0.25, -0.2) is 9.59 Å². The summed E-state index contributed by atoms with van der Waals surface area (Å²) in [5, 5.41) is 18.9. The van der Waals surface area contributed by atoms with Crippen LogP contribution in [-0.2, 0) is 16.1 Å². The molecule has 0 saturated carbocycles. The van der Waals surface area contributed by atoms with Gasteiger partial charge in [0.2, 0.25) is 0 Å². The monoisotopic (exact) mass is 387 g/mol. The van der Waals surface area contributed by atoms with Crippen molar-refractivity contribution >= 4 is 17.7 Å². The van der Waals surface area contributed by atoms with Crippen LogP contribution in [0.25, 0.3) is 0 Å². The topological polar surface area (TPSA) is 96.3 Å². The first-order valence-electron chi connectivity index (χ1n) is 8.84. The fourth-order valence-corrected chi connectivity index (χ4v) is 2.44. The Hall–Kier alpha value is -3.06. The molecule has 0 unspecified atom stereocenters. The molecule has 2 N–H and O–H groups in total. The smallest absolute Gasteiger partial charge is 0.415 e. The summed E-state index contributed by atoms with van der Waals surface area (Å²) in [6.07, 6.45) is -0.855. The van der Waals surface area contributed by atoms with Crippen LogP contribution in [0.1, 0.15) is 26.3 Å². The molecule has 0 fully saturated rings. The third kappa shape index (κ3) is 5.99. The third-order valence-electron chi connectivity index (χ3n) is 3.72. The second-order valence-corrected chi connectivity index (χ2v) is 7.16. The summed E-state index contributed by atoms with van der Waals surface area (Å²) in [6.45, 7) is 4.67. The Labute approximate surface area is 164 Å². The summed E-state index contributed by atoms with van der Waals surface area (Å²) >= 11 is 0. The van der Waals surface area contributed by atoms with E-state index in [1.807, 2.05) is 30.3 Å². The normalized spacial score (nSPS) is 12.1. The van der Waals surface area contributed by atoms with E-state index in [1.54, 1.807) is 45.0 Å². The Morgan fingerprint density at radius 1 is 1.04 bits per heavy atom. The van der Waals surface area contributed by atoms with Crippen LogP contribution >= 0.6 is 0 Å². The molecular formula is C21H25NO6. The van der Waals surface area contributed by atoms with Gasteiger partial charge in [0.25, 0.3) is 0 Å². The van der Waals surface area contributed by atoms with Crippen molar-refractivity contribution in [3.63, 3.8) is 0 Å². The zero-order chi connectivity index (χ0) is 20.7. The minimum Gasteiger partial charge on any atom is -0.489 e. The molecule has 2 aromatic rings. The lowest BCUT2D eigenvalue weighted by Crippen LogP contribution is -2.49. The van der Waals surface area contributed by atoms with Crippen molar-refractivity contribution < 1.29 is 29.3 Å². The fraction of sp³-hybridized carbons (Fsp3) is 0.333. The van der Waals surface area contributed by atoms with Crippen LogP contribution in [0, 0.1) is 0 Å². The number of nitrogens with zero attached hydrogens (tertiary/aromatic N) is 1. The number of hydrogen-bond acceptors (Lipinski definition) is 5. The number of aliphatic carboxylic acids is 1. The first kappa shape index (κ1) is 21.2. The number of anilines is 1. The zero-order valence-electron chi connectivity index (χ0n) is 16.2. The lowest BCUT2D eigenvalue weighted by molar-refractivity contribution is -0.139. The number of carbonyl (C=O) groups excluding carboxylic acids is 1. The number of amides is 1. The summed E-state index contributed by atoms with van der Waals surface area (Å²) in [7, 11) is 0. The molecule has 28 heavy (non-hydrogen) atoms. The molecule has 150 valence electrons. The summed E-state index contributed by atoms with van der Waals surface area (Å²) in [5.74, 6) is -0.773. The highest BCUT2D eigenvalue weighted by Gasteiger charge is 2.33. The highest BCUT2D eigenvalue weighted by atomic mass is 16.6. The minimum absolute atomic E-state index is 0.280. The highest BCUT2D eigenvalue weighted by Crippen LogP contribution is 2.24. The Bertz CT molecular complexity index is 783. The summed E-state index contributed by atoms with van der Waals surface area (Å²) < 4.78 is 11.0.